The van der Waals surface area contributed by atoms with Gasteiger partial charge in [-0.05, 0) is 29.5 Å². The summed E-state index contributed by atoms with van der Waals surface area (Å²) < 4.78 is 0. The molecule has 4 heteroatoms. The molecule has 0 aliphatic rings. The second-order valence-electron chi connectivity index (χ2n) is 3.98. The van der Waals surface area contributed by atoms with E-state index in [4.69, 9.17) is 11.5 Å². The first-order valence-corrected chi connectivity index (χ1v) is 6.88. The van der Waals surface area contributed by atoms with Gasteiger partial charge in [0.25, 0.3) is 0 Å². The van der Waals surface area contributed by atoms with Gasteiger partial charge in [-0.15, -0.1) is 11.8 Å². The number of hydrogen-bond acceptors (Lipinski definition) is 4. The van der Waals surface area contributed by atoms with Crippen molar-refractivity contribution in [3.8, 4) is 0 Å². The van der Waals surface area contributed by atoms with E-state index in [1.54, 1.807) is 18.5 Å². The monoisotopic (exact) mass is 259 g/mol. The molecule has 0 saturated carbocycles. The van der Waals surface area contributed by atoms with Crippen molar-refractivity contribution in [2.24, 2.45) is 5.73 Å². The average molecular weight is 259 g/mol. The first-order chi connectivity index (χ1) is 8.72. The van der Waals surface area contributed by atoms with Gasteiger partial charge in [0.15, 0.2) is 0 Å². The van der Waals surface area contributed by atoms with Crippen LogP contribution in [-0.4, -0.2) is 10.7 Å². The maximum Gasteiger partial charge on any atom is 0.0587 e. The maximum atomic E-state index is 6.21. The normalized spacial score (nSPS) is 12.3. The second-order valence-corrected chi connectivity index (χ2v) is 5.32. The lowest BCUT2D eigenvalue weighted by molar-refractivity contribution is 0.865. The minimum absolute atomic E-state index is 0.223. The summed E-state index contributed by atoms with van der Waals surface area (Å²) in [6, 6.07) is 9.84. The zero-order valence-electron chi connectivity index (χ0n) is 10.3. The Labute approximate surface area is 112 Å². The standard InChI is InChI=1S/C14H17N3S/c1-2-18-11-5-3-10(4-6-11)14(16)12-9-17-8-7-13(12)15/h3-9,14H,2,16H2,1H3,(H2,15,17). The summed E-state index contributed by atoms with van der Waals surface area (Å²) in [6.45, 7) is 2.14. The lowest BCUT2D eigenvalue weighted by atomic mass is 10.00. The van der Waals surface area contributed by atoms with E-state index in [1.165, 1.54) is 4.90 Å². The minimum Gasteiger partial charge on any atom is -0.398 e. The average Bonchev–Trinajstić information content (AvgIpc) is 2.40. The summed E-state index contributed by atoms with van der Waals surface area (Å²) in [7, 11) is 0. The van der Waals surface area contributed by atoms with Crippen molar-refractivity contribution in [1.29, 1.82) is 0 Å². The SMILES string of the molecule is CCSc1ccc(C(N)c2cnccc2N)cc1. The van der Waals surface area contributed by atoms with Crippen LogP contribution in [-0.2, 0) is 0 Å². The summed E-state index contributed by atoms with van der Waals surface area (Å²) in [4.78, 5) is 5.33. The van der Waals surface area contributed by atoms with E-state index in [0.29, 0.717) is 5.69 Å². The molecule has 1 aromatic carbocycles. The fourth-order valence-electron chi connectivity index (χ4n) is 1.79. The van der Waals surface area contributed by atoms with E-state index in [0.717, 1.165) is 16.9 Å². The third-order valence-electron chi connectivity index (χ3n) is 2.77. The van der Waals surface area contributed by atoms with Gasteiger partial charge in [0.2, 0.25) is 0 Å². The Morgan fingerprint density at radius 2 is 1.94 bits per heavy atom. The number of pyridine rings is 1. The molecule has 1 unspecified atom stereocenters. The van der Waals surface area contributed by atoms with E-state index < -0.39 is 0 Å². The predicted octanol–water partition coefficient (Wildman–Crippen LogP) is 2.82. The Bertz CT molecular complexity index is 511. The van der Waals surface area contributed by atoms with Gasteiger partial charge >= 0.3 is 0 Å². The molecule has 0 fully saturated rings. The Morgan fingerprint density at radius 1 is 1.22 bits per heavy atom. The van der Waals surface area contributed by atoms with Crippen molar-refractivity contribution < 1.29 is 0 Å². The van der Waals surface area contributed by atoms with E-state index in [-0.39, 0.29) is 6.04 Å². The molecular weight excluding hydrogens is 242 g/mol. The van der Waals surface area contributed by atoms with Crippen molar-refractivity contribution in [3.63, 3.8) is 0 Å². The molecule has 3 nitrogen and oxygen atoms in total. The van der Waals surface area contributed by atoms with Crippen LogP contribution in [0.1, 0.15) is 24.1 Å². The molecule has 2 aromatic rings. The van der Waals surface area contributed by atoms with Crippen molar-refractivity contribution in [3.05, 3.63) is 53.9 Å². The topological polar surface area (TPSA) is 64.9 Å². The molecule has 0 aliphatic carbocycles. The Hall–Kier alpha value is -1.52. The fourth-order valence-corrected chi connectivity index (χ4v) is 2.46. The molecule has 94 valence electrons. The molecule has 0 aliphatic heterocycles. The van der Waals surface area contributed by atoms with Gasteiger partial charge in [0.05, 0.1) is 6.04 Å². The van der Waals surface area contributed by atoms with Crippen LogP contribution in [0.3, 0.4) is 0 Å². The number of aromatic nitrogens is 1. The lowest BCUT2D eigenvalue weighted by Crippen LogP contribution is -2.14. The summed E-state index contributed by atoms with van der Waals surface area (Å²) in [5, 5.41) is 0. The highest BCUT2D eigenvalue weighted by Gasteiger charge is 2.11. The van der Waals surface area contributed by atoms with E-state index >= 15 is 0 Å². The number of benzene rings is 1. The smallest absolute Gasteiger partial charge is 0.0587 e. The van der Waals surface area contributed by atoms with Crippen LogP contribution in [0.4, 0.5) is 5.69 Å². The Balaban J connectivity index is 2.23. The highest BCUT2D eigenvalue weighted by molar-refractivity contribution is 7.99. The van der Waals surface area contributed by atoms with Crippen molar-refractivity contribution in [1.82, 2.24) is 4.98 Å². The van der Waals surface area contributed by atoms with E-state index in [2.05, 4.69) is 36.2 Å². The Morgan fingerprint density at radius 3 is 2.56 bits per heavy atom. The largest absolute Gasteiger partial charge is 0.398 e. The van der Waals surface area contributed by atoms with Crippen LogP contribution in [0.2, 0.25) is 0 Å². The second kappa shape index (κ2) is 5.89. The van der Waals surface area contributed by atoms with Gasteiger partial charge in [0, 0.05) is 28.5 Å². The highest BCUT2D eigenvalue weighted by Crippen LogP contribution is 2.25. The summed E-state index contributed by atoms with van der Waals surface area (Å²) in [5.74, 6) is 1.07. The van der Waals surface area contributed by atoms with Crippen LogP contribution >= 0.6 is 11.8 Å². The van der Waals surface area contributed by atoms with Gasteiger partial charge < -0.3 is 11.5 Å². The lowest BCUT2D eigenvalue weighted by Gasteiger charge is -2.14. The van der Waals surface area contributed by atoms with Gasteiger partial charge in [-0.2, -0.15) is 0 Å². The molecule has 0 saturated heterocycles. The summed E-state index contributed by atoms with van der Waals surface area (Å²) in [6.07, 6.45) is 3.40. The fraction of sp³-hybridized carbons (Fsp3) is 0.214. The molecule has 0 radical (unpaired) electrons. The molecule has 4 N–H and O–H groups in total. The summed E-state index contributed by atoms with van der Waals surface area (Å²) in [5.41, 5.74) is 14.7. The summed E-state index contributed by atoms with van der Waals surface area (Å²) >= 11 is 1.82. The van der Waals surface area contributed by atoms with Crippen LogP contribution in [0.25, 0.3) is 0 Å². The van der Waals surface area contributed by atoms with Gasteiger partial charge in [-0.25, -0.2) is 0 Å². The highest BCUT2D eigenvalue weighted by atomic mass is 32.2. The Kier molecular flexibility index (Phi) is 4.23. The predicted molar refractivity (Wildman–Crippen MR) is 77.5 cm³/mol. The zero-order chi connectivity index (χ0) is 13.0. The van der Waals surface area contributed by atoms with Crippen LogP contribution in [0.15, 0.2) is 47.6 Å². The van der Waals surface area contributed by atoms with E-state index in [9.17, 15) is 0 Å². The third kappa shape index (κ3) is 2.83. The number of thioether (sulfide) groups is 1. The van der Waals surface area contributed by atoms with Gasteiger partial charge in [-0.1, -0.05) is 19.1 Å². The molecule has 1 aromatic heterocycles. The molecular formula is C14H17N3S. The molecule has 1 atom stereocenters. The number of rotatable bonds is 4. The van der Waals surface area contributed by atoms with Crippen LogP contribution in [0, 0.1) is 0 Å². The minimum atomic E-state index is -0.223. The first kappa shape index (κ1) is 12.9. The van der Waals surface area contributed by atoms with Crippen molar-refractivity contribution >= 4 is 17.4 Å². The van der Waals surface area contributed by atoms with Crippen LogP contribution in [0.5, 0.6) is 0 Å². The molecule has 18 heavy (non-hydrogen) atoms. The van der Waals surface area contributed by atoms with E-state index in [1.807, 2.05) is 11.8 Å². The molecule has 0 spiro atoms. The first-order valence-electron chi connectivity index (χ1n) is 5.90. The number of nitrogens with two attached hydrogens (primary N) is 2. The van der Waals surface area contributed by atoms with Crippen molar-refractivity contribution in [2.45, 2.75) is 17.9 Å². The molecule has 1 heterocycles. The molecule has 2 rings (SSSR count). The quantitative estimate of drug-likeness (QED) is 0.829. The van der Waals surface area contributed by atoms with Gasteiger partial charge in [0.1, 0.15) is 0 Å². The van der Waals surface area contributed by atoms with Crippen LogP contribution < -0.4 is 11.5 Å². The third-order valence-corrected chi connectivity index (χ3v) is 3.67. The number of nitrogens with zero attached hydrogens (tertiary/aromatic N) is 1. The number of anilines is 1. The molecule has 0 amide bonds. The maximum absolute atomic E-state index is 6.21. The number of hydrogen-bond donors (Lipinski definition) is 2. The van der Waals surface area contributed by atoms with Gasteiger partial charge in [-0.3, -0.25) is 4.98 Å². The number of nitrogen functional groups attached to an aromatic ring is 1. The molecule has 0 bridgehead atoms. The zero-order valence-corrected chi connectivity index (χ0v) is 11.2. The van der Waals surface area contributed by atoms with Crippen molar-refractivity contribution in [2.75, 3.05) is 11.5 Å².